The number of rotatable bonds is 4. The molecular formula is C11H7F6NO4S. The van der Waals surface area contributed by atoms with E-state index in [0.29, 0.717) is 0 Å². The van der Waals surface area contributed by atoms with Crippen LogP contribution in [0.4, 0.5) is 26.3 Å². The summed E-state index contributed by atoms with van der Waals surface area (Å²) in [6.45, 7) is 1.31. The van der Waals surface area contributed by atoms with Crippen LogP contribution in [0, 0.1) is 0 Å². The fourth-order valence-corrected chi connectivity index (χ4v) is 2.60. The molecule has 0 spiro atoms. The van der Waals surface area contributed by atoms with Crippen LogP contribution in [0.3, 0.4) is 0 Å². The third-order valence-corrected chi connectivity index (χ3v) is 3.39. The predicted molar refractivity (Wildman–Crippen MR) is 64.6 cm³/mol. The lowest BCUT2D eigenvalue weighted by atomic mass is 10.1. The van der Waals surface area contributed by atoms with Crippen molar-refractivity contribution in [3.8, 4) is 0 Å². The second-order valence-electron chi connectivity index (χ2n) is 3.93. The van der Waals surface area contributed by atoms with Gasteiger partial charge in [-0.2, -0.15) is 26.3 Å². The van der Waals surface area contributed by atoms with Gasteiger partial charge in [0.1, 0.15) is 11.1 Å². The fourth-order valence-electron chi connectivity index (χ4n) is 1.66. The van der Waals surface area contributed by atoms with Gasteiger partial charge in [-0.05, 0) is 5.75 Å². The first-order chi connectivity index (χ1) is 10.3. The SMILES string of the molecule is CCSc1c(C(=O)O)c(C(F)(F)F)nc(C(F)(F)F)c1C(=O)O. The Morgan fingerprint density at radius 3 is 1.52 bits per heavy atom. The average Bonchev–Trinajstić information content (AvgIpc) is 2.34. The average molecular weight is 363 g/mol. The van der Waals surface area contributed by atoms with Gasteiger partial charge in [0.15, 0.2) is 11.4 Å². The molecule has 0 atom stereocenters. The van der Waals surface area contributed by atoms with Gasteiger partial charge < -0.3 is 10.2 Å². The maximum atomic E-state index is 12.9. The topological polar surface area (TPSA) is 87.5 Å². The monoisotopic (exact) mass is 363 g/mol. The van der Waals surface area contributed by atoms with Gasteiger partial charge in [0.05, 0.1) is 0 Å². The zero-order valence-electron chi connectivity index (χ0n) is 11.0. The molecule has 0 saturated carbocycles. The zero-order chi connectivity index (χ0) is 18.2. The molecular weight excluding hydrogens is 356 g/mol. The molecule has 2 N–H and O–H groups in total. The Balaban J connectivity index is 4.07. The van der Waals surface area contributed by atoms with E-state index in [1.165, 1.54) is 6.92 Å². The molecule has 0 aliphatic heterocycles. The first-order valence-corrected chi connectivity index (χ1v) is 6.62. The number of nitrogens with zero attached hydrogens (tertiary/aromatic N) is 1. The summed E-state index contributed by atoms with van der Waals surface area (Å²) in [6.07, 6.45) is -11.0. The molecule has 0 fully saturated rings. The van der Waals surface area contributed by atoms with Gasteiger partial charge in [-0.25, -0.2) is 14.6 Å². The maximum Gasteiger partial charge on any atom is 0.434 e. The van der Waals surface area contributed by atoms with Crippen LogP contribution in [-0.2, 0) is 12.4 Å². The summed E-state index contributed by atoms with van der Waals surface area (Å²) in [5.41, 5.74) is -7.82. The van der Waals surface area contributed by atoms with E-state index < -0.39 is 51.7 Å². The van der Waals surface area contributed by atoms with Gasteiger partial charge in [-0.3, -0.25) is 0 Å². The van der Waals surface area contributed by atoms with Crippen molar-refractivity contribution in [1.29, 1.82) is 0 Å². The van der Waals surface area contributed by atoms with E-state index in [0.717, 1.165) is 0 Å². The van der Waals surface area contributed by atoms with Gasteiger partial charge in [0.2, 0.25) is 0 Å². The Labute approximate surface area is 128 Å². The number of hydrogen-bond acceptors (Lipinski definition) is 4. The minimum absolute atomic E-state index is 0.154. The summed E-state index contributed by atoms with van der Waals surface area (Å²) in [7, 11) is 0. The van der Waals surface area contributed by atoms with Crippen molar-refractivity contribution in [1.82, 2.24) is 4.98 Å². The van der Waals surface area contributed by atoms with E-state index in [-0.39, 0.29) is 17.5 Å². The molecule has 0 bridgehead atoms. The van der Waals surface area contributed by atoms with Crippen LogP contribution in [0.15, 0.2) is 4.90 Å². The minimum Gasteiger partial charge on any atom is -0.478 e. The fraction of sp³-hybridized carbons (Fsp3) is 0.364. The van der Waals surface area contributed by atoms with E-state index >= 15 is 0 Å². The maximum absolute atomic E-state index is 12.9. The lowest BCUT2D eigenvalue weighted by molar-refractivity contribution is -0.151. The second kappa shape index (κ2) is 6.26. The molecule has 12 heteroatoms. The number of carbonyl (C=O) groups is 2. The quantitative estimate of drug-likeness (QED) is 0.628. The highest BCUT2D eigenvalue weighted by atomic mass is 32.2. The molecule has 1 rings (SSSR count). The highest BCUT2D eigenvalue weighted by Crippen LogP contribution is 2.42. The van der Waals surface area contributed by atoms with Crippen molar-refractivity contribution >= 4 is 23.7 Å². The molecule has 0 aliphatic carbocycles. The lowest BCUT2D eigenvalue weighted by Gasteiger charge is -2.19. The van der Waals surface area contributed by atoms with Crippen molar-refractivity contribution in [2.45, 2.75) is 24.2 Å². The summed E-state index contributed by atoms with van der Waals surface area (Å²) in [5.74, 6) is -4.60. The molecule has 23 heavy (non-hydrogen) atoms. The number of aromatic carboxylic acids is 2. The molecule has 0 amide bonds. The van der Waals surface area contributed by atoms with Gasteiger partial charge in [0, 0.05) is 4.90 Å². The molecule has 0 radical (unpaired) electrons. The molecule has 0 aliphatic rings. The van der Waals surface area contributed by atoms with Crippen molar-refractivity contribution in [3.05, 3.63) is 22.5 Å². The third kappa shape index (κ3) is 3.86. The Morgan fingerprint density at radius 1 is 0.957 bits per heavy atom. The molecule has 1 heterocycles. The summed E-state index contributed by atoms with van der Waals surface area (Å²) in [4.78, 5) is 23.3. The number of hydrogen-bond donors (Lipinski definition) is 2. The molecule has 1 aromatic heterocycles. The number of carboxylic acids is 2. The largest absolute Gasteiger partial charge is 0.478 e. The molecule has 128 valence electrons. The van der Waals surface area contributed by atoms with E-state index in [1.807, 2.05) is 0 Å². The van der Waals surface area contributed by atoms with Crippen LogP contribution in [0.1, 0.15) is 39.0 Å². The smallest absolute Gasteiger partial charge is 0.434 e. The number of carboxylic acid groups (broad SMARTS) is 2. The van der Waals surface area contributed by atoms with Crippen LogP contribution in [-0.4, -0.2) is 32.9 Å². The molecule has 1 aromatic rings. The number of alkyl halides is 6. The van der Waals surface area contributed by atoms with Crippen LogP contribution in [0.5, 0.6) is 0 Å². The van der Waals surface area contributed by atoms with E-state index in [4.69, 9.17) is 10.2 Å². The predicted octanol–water partition coefficient (Wildman–Crippen LogP) is 3.63. The Bertz CT molecular complexity index is 605. The van der Waals surface area contributed by atoms with Crippen LogP contribution >= 0.6 is 11.8 Å². The third-order valence-electron chi connectivity index (χ3n) is 2.40. The Morgan fingerprint density at radius 2 is 1.30 bits per heavy atom. The summed E-state index contributed by atoms with van der Waals surface area (Å²) in [6, 6.07) is 0. The zero-order valence-corrected chi connectivity index (χ0v) is 11.9. The van der Waals surface area contributed by atoms with Crippen LogP contribution in [0.25, 0.3) is 0 Å². The molecule has 5 nitrogen and oxygen atoms in total. The number of thioether (sulfide) groups is 1. The summed E-state index contributed by atoms with van der Waals surface area (Å²) >= 11 is 0.244. The highest BCUT2D eigenvalue weighted by Gasteiger charge is 2.47. The molecule has 0 aromatic carbocycles. The second-order valence-corrected chi connectivity index (χ2v) is 5.20. The van der Waals surface area contributed by atoms with Gasteiger partial charge in [-0.15, -0.1) is 11.8 Å². The van der Waals surface area contributed by atoms with Gasteiger partial charge >= 0.3 is 24.3 Å². The van der Waals surface area contributed by atoms with Crippen molar-refractivity contribution < 1.29 is 46.1 Å². The van der Waals surface area contributed by atoms with Crippen LogP contribution in [0.2, 0.25) is 0 Å². The van der Waals surface area contributed by atoms with E-state index in [1.54, 1.807) is 0 Å². The van der Waals surface area contributed by atoms with Crippen LogP contribution < -0.4 is 0 Å². The van der Waals surface area contributed by atoms with Gasteiger partial charge in [0.25, 0.3) is 0 Å². The van der Waals surface area contributed by atoms with E-state index in [9.17, 15) is 35.9 Å². The standard InChI is InChI=1S/C11H7F6NO4S/c1-2-23-5-3(8(19)20)6(10(12,13)14)18-7(11(15,16)17)4(5)9(21)22/h2H2,1H3,(H,19,20)(H,21,22). The van der Waals surface area contributed by atoms with Gasteiger partial charge in [-0.1, -0.05) is 6.92 Å². The highest BCUT2D eigenvalue weighted by molar-refractivity contribution is 7.99. The number of aromatic nitrogens is 1. The normalized spacial score (nSPS) is 12.3. The van der Waals surface area contributed by atoms with Crippen molar-refractivity contribution in [3.63, 3.8) is 0 Å². The summed E-state index contributed by atoms with van der Waals surface area (Å²) < 4.78 is 77.3. The summed E-state index contributed by atoms with van der Waals surface area (Å²) in [5, 5.41) is 17.8. The Hall–Kier alpha value is -1.98. The van der Waals surface area contributed by atoms with Crippen molar-refractivity contribution in [2.24, 2.45) is 0 Å². The lowest BCUT2D eigenvalue weighted by Crippen LogP contribution is -2.25. The number of halogens is 6. The van der Waals surface area contributed by atoms with E-state index in [2.05, 4.69) is 4.98 Å². The van der Waals surface area contributed by atoms with Crippen molar-refractivity contribution in [2.75, 3.05) is 5.75 Å². The molecule has 0 saturated heterocycles. The number of pyridine rings is 1. The minimum atomic E-state index is -5.51. The first kappa shape index (κ1) is 19.1. The molecule has 0 unspecified atom stereocenters. The first-order valence-electron chi connectivity index (χ1n) is 5.64. The Kier molecular flexibility index (Phi) is 5.19.